The molecule has 0 aromatic carbocycles. The summed E-state index contributed by atoms with van der Waals surface area (Å²) in [6.07, 6.45) is 0. The van der Waals surface area contributed by atoms with Crippen molar-refractivity contribution in [1.82, 2.24) is 0 Å². The van der Waals surface area contributed by atoms with Crippen molar-refractivity contribution in [2.24, 2.45) is 5.73 Å². The molecule has 0 fully saturated rings. The molecule has 1 heterocycles. The van der Waals surface area contributed by atoms with Gasteiger partial charge in [-0.3, -0.25) is 0 Å². The second-order valence-electron chi connectivity index (χ2n) is 2.27. The van der Waals surface area contributed by atoms with Crippen molar-refractivity contribution in [1.29, 1.82) is 0 Å². The molecule has 2 N–H and O–H groups in total. The van der Waals surface area contributed by atoms with Crippen LogP contribution in [0.2, 0.25) is 0 Å². The highest BCUT2D eigenvalue weighted by Crippen LogP contribution is 2.29. The minimum absolute atomic E-state index is 0.481. The zero-order chi connectivity index (χ0) is 7.56. The van der Waals surface area contributed by atoms with E-state index in [-0.39, 0.29) is 0 Å². The van der Waals surface area contributed by atoms with Gasteiger partial charge in [-0.25, -0.2) is 0 Å². The zero-order valence-corrected chi connectivity index (χ0v) is 8.21. The molecule has 0 aliphatic rings. The van der Waals surface area contributed by atoms with E-state index >= 15 is 0 Å². The first kappa shape index (κ1) is 8.24. The van der Waals surface area contributed by atoms with E-state index in [1.165, 1.54) is 9.35 Å². The lowest BCUT2D eigenvalue weighted by Crippen LogP contribution is -2.07. The Balaban J connectivity index is 2.82. The number of hydrogen-bond donors (Lipinski definition) is 1. The van der Waals surface area contributed by atoms with Gasteiger partial charge in [-0.1, -0.05) is 6.92 Å². The van der Waals surface area contributed by atoms with E-state index in [9.17, 15) is 0 Å². The molecule has 0 saturated heterocycles. The smallest absolute Gasteiger partial charge is 0.0317 e. The molecule has 1 unspecified atom stereocenters. The Labute approximate surface area is 73.4 Å². The standard InChI is InChI=1S/C7H10BrNS/c1-5(4-9)7-6(8)2-3-10-7/h2-3,5H,4,9H2,1H3. The van der Waals surface area contributed by atoms with E-state index < -0.39 is 0 Å². The summed E-state index contributed by atoms with van der Waals surface area (Å²) in [6.45, 7) is 2.86. The van der Waals surface area contributed by atoms with Gasteiger partial charge in [0, 0.05) is 15.3 Å². The van der Waals surface area contributed by atoms with E-state index in [0.717, 1.165) is 6.54 Å². The fourth-order valence-corrected chi connectivity index (χ4v) is 2.60. The molecule has 1 atom stereocenters. The second kappa shape index (κ2) is 3.51. The lowest BCUT2D eigenvalue weighted by Gasteiger charge is -2.04. The summed E-state index contributed by atoms with van der Waals surface area (Å²) in [5, 5.41) is 2.07. The Bertz CT molecular complexity index is 209. The minimum atomic E-state index is 0.481. The average molecular weight is 220 g/mol. The van der Waals surface area contributed by atoms with Crippen LogP contribution in [-0.2, 0) is 0 Å². The molecule has 1 nitrogen and oxygen atoms in total. The molecule has 0 amide bonds. The average Bonchev–Trinajstić information content (AvgIpc) is 2.34. The van der Waals surface area contributed by atoms with Gasteiger partial charge in [-0.15, -0.1) is 11.3 Å². The van der Waals surface area contributed by atoms with Gasteiger partial charge in [0.1, 0.15) is 0 Å². The van der Waals surface area contributed by atoms with E-state index in [4.69, 9.17) is 5.73 Å². The topological polar surface area (TPSA) is 26.0 Å². The maximum Gasteiger partial charge on any atom is 0.0317 e. The first-order chi connectivity index (χ1) is 4.75. The van der Waals surface area contributed by atoms with Gasteiger partial charge in [-0.2, -0.15) is 0 Å². The Hall–Kier alpha value is 0.140. The summed E-state index contributed by atoms with van der Waals surface area (Å²) in [5.74, 6) is 0.481. The van der Waals surface area contributed by atoms with Crippen molar-refractivity contribution < 1.29 is 0 Å². The highest BCUT2D eigenvalue weighted by Gasteiger charge is 2.07. The molecular formula is C7H10BrNS. The second-order valence-corrected chi connectivity index (χ2v) is 4.07. The molecule has 0 saturated carbocycles. The summed E-state index contributed by atoms with van der Waals surface area (Å²) in [4.78, 5) is 1.35. The van der Waals surface area contributed by atoms with Crippen LogP contribution in [0.25, 0.3) is 0 Å². The molecule has 10 heavy (non-hydrogen) atoms. The van der Waals surface area contributed by atoms with Gasteiger partial charge in [0.2, 0.25) is 0 Å². The van der Waals surface area contributed by atoms with E-state index in [2.05, 4.69) is 34.3 Å². The molecule has 0 aliphatic heterocycles. The van der Waals surface area contributed by atoms with Gasteiger partial charge >= 0.3 is 0 Å². The van der Waals surface area contributed by atoms with Gasteiger partial charge in [0.05, 0.1) is 0 Å². The van der Waals surface area contributed by atoms with E-state index in [1.807, 2.05) is 0 Å². The molecular weight excluding hydrogens is 210 g/mol. The van der Waals surface area contributed by atoms with Crippen LogP contribution in [0.15, 0.2) is 15.9 Å². The van der Waals surface area contributed by atoms with Crippen LogP contribution in [0, 0.1) is 0 Å². The Kier molecular flexibility index (Phi) is 2.89. The molecule has 56 valence electrons. The van der Waals surface area contributed by atoms with Gasteiger partial charge in [0.15, 0.2) is 0 Å². The number of hydrogen-bond acceptors (Lipinski definition) is 2. The summed E-state index contributed by atoms with van der Waals surface area (Å²) in [6, 6.07) is 2.06. The highest BCUT2D eigenvalue weighted by molar-refractivity contribution is 9.10. The summed E-state index contributed by atoms with van der Waals surface area (Å²) in [5.41, 5.74) is 5.52. The molecule has 1 rings (SSSR count). The first-order valence-electron chi connectivity index (χ1n) is 3.18. The fourth-order valence-electron chi connectivity index (χ4n) is 0.764. The molecule has 0 bridgehead atoms. The van der Waals surface area contributed by atoms with Crippen molar-refractivity contribution in [3.63, 3.8) is 0 Å². The van der Waals surface area contributed by atoms with Gasteiger partial charge in [0.25, 0.3) is 0 Å². The van der Waals surface area contributed by atoms with E-state index in [0.29, 0.717) is 5.92 Å². The first-order valence-corrected chi connectivity index (χ1v) is 4.86. The third-order valence-electron chi connectivity index (χ3n) is 1.45. The van der Waals surface area contributed by atoms with Crippen molar-refractivity contribution in [3.05, 3.63) is 20.8 Å². The predicted octanol–water partition coefficient (Wildman–Crippen LogP) is 2.57. The zero-order valence-electron chi connectivity index (χ0n) is 5.80. The molecule has 0 radical (unpaired) electrons. The molecule has 1 aromatic rings. The maximum atomic E-state index is 5.52. The lowest BCUT2D eigenvalue weighted by atomic mass is 10.1. The van der Waals surface area contributed by atoms with Crippen LogP contribution in [0.3, 0.4) is 0 Å². The minimum Gasteiger partial charge on any atom is -0.330 e. The predicted molar refractivity (Wildman–Crippen MR) is 49.5 cm³/mol. The van der Waals surface area contributed by atoms with Crippen molar-refractivity contribution in [2.45, 2.75) is 12.8 Å². The molecule has 0 spiro atoms. The van der Waals surface area contributed by atoms with Crippen LogP contribution in [0.1, 0.15) is 17.7 Å². The van der Waals surface area contributed by atoms with Gasteiger partial charge in [-0.05, 0) is 33.9 Å². The molecule has 0 aliphatic carbocycles. The molecule has 3 heteroatoms. The third-order valence-corrected chi connectivity index (χ3v) is 3.55. The van der Waals surface area contributed by atoms with Gasteiger partial charge < -0.3 is 5.73 Å². The van der Waals surface area contributed by atoms with Crippen LogP contribution < -0.4 is 5.73 Å². The van der Waals surface area contributed by atoms with Crippen molar-refractivity contribution in [3.8, 4) is 0 Å². The normalized spacial score (nSPS) is 13.5. The Morgan fingerprint density at radius 2 is 2.50 bits per heavy atom. The fraction of sp³-hybridized carbons (Fsp3) is 0.429. The third kappa shape index (κ3) is 1.59. The highest BCUT2D eigenvalue weighted by atomic mass is 79.9. The van der Waals surface area contributed by atoms with Crippen LogP contribution in [-0.4, -0.2) is 6.54 Å². The lowest BCUT2D eigenvalue weighted by molar-refractivity contribution is 0.787. The number of halogens is 1. The summed E-state index contributed by atoms with van der Waals surface area (Å²) < 4.78 is 1.19. The summed E-state index contributed by atoms with van der Waals surface area (Å²) in [7, 11) is 0. The number of rotatable bonds is 2. The maximum absolute atomic E-state index is 5.52. The number of thiophene rings is 1. The van der Waals surface area contributed by atoms with Crippen molar-refractivity contribution >= 4 is 27.3 Å². The SMILES string of the molecule is CC(CN)c1sccc1Br. The quantitative estimate of drug-likeness (QED) is 0.814. The molecule has 1 aromatic heterocycles. The Morgan fingerprint density at radius 1 is 1.80 bits per heavy atom. The Morgan fingerprint density at radius 3 is 2.90 bits per heavy atom. The van der Waals surface area contributed by atoms with E-state index in [1.54, 1.807) is 11.3 Å². The summed E-state index contributed by atoms with van der Waals surface area (Å²) >= 11 is 5.22. The van der Waals surface area contributed by atoms with Crippen LogP contribution in [0.4, 0.5) is 0 Å². The van der Waals surface area contributed by atoms with Crippen molar-refractivity contribution in [2.75, 3.05) is 6.54 Å². The monoisotopic (exact) mass is 219 g/mol. The number of nitrogens with two attached hydrogens (primary N) is 1. The van der Waals surface area contributed by atoms with Crippen LogP contribution in [0.5, 0.6) is 0 Å². The van der Waals surface area contributed by atoms with Crippen LogP contribution >= 0.6 is 27.3 Å². The largest absolute Gasteiger partial charge is 0.330 e.